The molecule has 258 valence electrons. The third-order valence-electron chi connectivity index (χ3n) is 11.0. The molecule has 3 heteroatoms. The number of nitrogens with zero attached hydrogens (tertiary/aromatic N) is 2. The lowest BCUT2D eigenvalue weighted by molar-refractivity contribution is 1.18. The molecule has 2 aromatic heterocycles. The fraction of sp³-hybridized carbons (Fsp3) is 0. The summed E-state index contributed by atoms with van der Waals surface area (Å²) in [5, 5.41) is 7.59. The van der Waals surface area contributed by atoms with Gasteiger partial charge in [-0.15, -0.1) is 11.3 Å². The summed E-state index contributed by atoms with van der Waals surface area (Å²) in [6.07, 6.45) is 0. The van der Waals surface area contributed by atoms with E-state index in [0.29, 0.717) is 0 Å². The zero-order chi connectivity index (χ0) is 36.3. The number of para-hydroxylation sites is 4. The second-order valence-electron chi connectivity index (χ2n) is 14.1. The summed E-state index contributed by atoms with van der Waals surface area (Å²) in [7, 11) is 0. The predicted octanol–water partition coefficient (Wildman–Crippen LogP) is 15.1. The van der Waals surface area contributed by atoms with Crippen LogP contribution in [-0.4, -0.2) is 4.57 Å². The topological polar surface area (TPSA) is 8.17 Å². The van der Waals surface area contributed by atoms with Gasteiger partial charge in [0.1, 0.15) is 0 Å². The third-order valence-corrected chi connectivity index (χ3v) is 12.2. The number of hydrogen-bond acceptors (Lipinski definition) is 2. The molecule has 2 nitrogen and oxygen atoms in total. The maximum absolute atomic E-state index is 2.42. The molecule has 0 N–H and O–H groups in total. The van der Waals surface area contributed by atoms with Gasteiger partial charge in [-0.1, -0.05) is 146 Å². The van der Waals surface area contributed by atoms with E-state index in [1.807, 2.05) is 11.3 Å². The molecule has 55 heavy (non-hydrogen) atoms. The Bertz CT molecular complexity index is 3150. The molecule has 9 aromatic carbocycles. The Balaban J connectivity index is 1.08. The Kier molecular flexibility index (Phi) is 7.39. The highest BCUT2D eigenvalue weighted by Gasteiger charge is 2.22. The van der Waals surface area contributed by atoms with Gasteiger partial charge in [-0.2, -0.15) is 0 Å². The average Bonchev–Trinajstić information content (AvgIpc) is 3.81. The maximum Gasteiger partial charge on any atom is 0.0555 e. The number of fused-ring (bicyclic) bond motifs is 7. The molecule has 0 amide bonds. The van der Waals surface area contributed by atoms with Crippen molar-refractivity contribution in [1.82, 2.24) is 4.57 Å². The number of benzene rings is 9. The second-order valence-corrected chi connectivity index (χ2v) is 15.2. The van der Waals surface area contributed by atoms with Gasteiger partial charge in [0.25, 0.3) is 0 Å². The van der Waals surface area contributed by atoms with Crippen LogP contribution in [0.25, 0.3) is 80.7 Å². The molecular formula is C52H34N2S. The first-order valence-corrected chi connectivity index (χ1v) is 19.6. The molecular weight excluding hydrogens is 685 g/mol. The Morgan fingerprint density at radius 2 is 1.00 bits per heavy atom. The van der Waals surface area contributed by atoms with Crippen LogP contribution < -0.4 is 4.90 Å². The predicted molar refractivity (Wildman–Crippen MR) is 237 cm³/mol. The molecule has 2 heterocycles. The molecule has 0 fully saturated rings. The molecule has 0 atom stereocenters. The number of hydrogen-bond donors (Lipinski definition) is 0. The lowest BCUT2D eigenvalue weighted by Gasteiger charge is -2.27. The van der Waals surface area contributed by atoms with Gasteiger partial charge in [-0.05, 0) is 88.1 Å². The minimum absolute atomic E-state index is 1.11. The van der Waals surface area contributed by atoms with E-state index < -0.39 is 0 Å². The number of anilines is 3. The summed E-state index contributed by atoms with van der Waals surface area (Å²) in [4.78, 5) is 2.42. The van der Waals surface area contributed by atoms with Gasteiger partial charge >= 0.3 is 0 Å². The van der Waals surface area contributed by atoms with Crippen molar-refractivity contribution in [2.45, 2.75) is 0 Å². The summed E-state index contributed by atoms with van der Waals surface area (Å²) >= 11 is 1.88. The molecule has 0 spiro atoms. The van der Waals surface area contributed by atoms with E-state index in [9.17, 15) is 0 Å². The van der Waals surface area contributed by atoms with Crippen LogP contribution in [0.4, 0.5) is 17.1 Å². The zero-order valence-corrected chi connectivity index (χ0v) is 30.7. The quantitative estimate of drug-likeness (QED) is 0.166. The van der Waals surface area contributed by atoms with Crippen LogP contribution in [0.3, 0.4) is 0 Å². The van der Waals surface area contributed by atoms with E-state index in [0.717, 1.165) is 11.4 Å². The number of rotatable bonds is 6. The molecule has 0 aliphatic heterocycles. The molecule has 11 aromatic rings. The van der Waals surface area contributed by atoms with Gasteiger partial charge in [0.2, 0.25) is 0 Å². The molecule has 0 unspecified atom stereocenters. The van der Waals surface area contributed by atoms with Crippen LogP contribution in [0.15, 0.2) is 206 Å². The Labute approximate surface area is 323 Å². The SMILES string of the molecule is c1ccc(N(c2ccc(-c3ccccc3-n3c4ccccc4c4ccccc43)cc2)c2ccc(-c3ccc4ccccc4c3)c3sc4ccccc4c23)cc1. The van der Waals surface area contributed by atoms with E-state index >= 15 is 0 Å². The van der Waals surface area contributed by atoms with Crippen molar-refractivity contribution in [2.24, 2.45) is 0 Å². The summed E-state index contributed by atoms with van der Waals surface area (Å²) in [6.45, 7) is 0. The van der Waals surface area contributed by atoms with Gasteiger partial charge in [0.15, 0.2) is 0 Å². The van der Waals surface area contributed by atoms with Crippen molar-refractivity contribution in [3.63, 3.8) is 0 Å². The molecule has 0 aliphatic rings. The van der Waals surface area contributed by atoms with Crippen LogP contribution in [-0.2, 0) is 0 Å². The molecule has 11 rings (SSSR count). The lowest BCUT2D eigenvalue weighted by atomic mass is 9.98. The van der Waals surface area contributed by atoms with Gasteiger partial charge in [-0.25, -0.2) is 0 Å². The Hall–Kier alpha value is -6.94. The van der Waals surface area contributed by atoms with Crippen LogP contribution in [0, 0.1) is 0 Å². The highest BCUT2D eigenvalue weighted by atomic mass is 32.1. The van der Waals surface area contributed by atoms with Crippen molar-refractivity contribution in [2.75, 3.05) is 4.90 Å². The summed E-state index contributed by atoms with van der Waals surface area (Å²) in [5.41, 5.74) is 11.9. The smallest absolute Gasteiger partial charge is 0.0555 e. The van der Waals surface area contributed by atoms with Crippen molar-refractivity contribution >= 4 is 81.1 Å². The van der Waals surface area contributed by atoms with E-state index in [1.54, 1.807) is 0 Å². The van der Waals surface area contributed by atoms with E-state index in [-0.39, 0.29) is 0 Å². The monoisotopic (exact) mass is 718 g/mol. The standard InChI is InChI=1S/C52H34N2S/c1-2-16-39(17-3-1)53(49-33-32-42(38-27-26-35-14-4-5-15-37(35)34-38)52-51(49)45-21-9-13-25-50(45)55-52)40-30-28-36(29-31-40)41-18-6-10-22-46(41)54-47-23-11-7-19-43(47)44-20-8-12-24-48(44)54/h1-34H. The van der Waals surface area contributed by atoms with Crippen molar-refractivity contribution in [3.05, 3.63) is 206 Å². The first-order valence-electron chi connectivity index (χ1n) is 18.8. The minimum Gasteiger partial charge on any atom is -0.310 e. The minimum atomic E-state index is 1.11. The maximum atomic E-state index is 2.42. The molecule has 0 radical (unpaired) electrons. The van der Waals surface area contributed by atoms with E-state index in [4.69, 9.17) is 0 Å². The van der Waals surface area contributed by atoms with E-state index in [2.05, 4.69) is 216 Å². The Morgan fingerprint density at radius 3 is 1.78 bits per heavy atom. The molecule has 0 saturated heterocycles. The summed E-state index contributed by atoms with van der Waals surface area (Å²) in [6, 6.07) is 75.1. The fourth-order valence-corrected chi connectivity index (χ4v) is 9.73. The van der Waals surface area contributed by atoms with E-state index in [1.165, 1.54) is 86.4 Å². The Morgan fingerprint density at radius 1 is 0.400 bits per heavy atom. The molecule has 0 saturated carbocycles. The van der Waals surface area contributed by atoms with Crippen LogP contribution >= 0.6 is 11.3 Å². The van der Waals surface area contributed by atoms with Gasteiger partial charge in [0.05, 0.1) is 22.4 Å². The van der Waals surface area contributed by atoms with Gasteiger partial charge in [0, 0.05) is 47.9 Å². The second kappa shape index (κ2) is 12.9. The van der Waals surface area contributed by atoms with Crippen molar-refractivity contribution in [1.29, 1.82) is 0 Å². The normalized spacial score (nSPS) is 11.6. The third kappa shape index (κ3) is 5.16. The molecule has 0 bridgehead atoms. The van der Waals surface area contributed by atoms with Crippen molar-refractivity contribution < 1.29 is 0 Å². The highest BCUT2D eigenvalue weighted by Crippen LogP contribution is 2.48. The van der Waals surface area contributed by atoms with Crippen LogP contribution in [0.5, 0.6) is 0 Å². The summed E-state index contributed by atoms with van der Waals surface area (Å²) < 4.78 is 5.00. The van der Waals surface area contributed by atoms with Gasteiger partial charge in [-0.3, -0.25) is 0 Å². The first kappa shape index (κ1) is 31.6. The highest BCUT2D eigenvalue weighted by molar-refractivity contribution is 7.26. The first-order chi connectivity index (χ1) is 27.3. The fourth-order valence-electron chi connectivity index (χ4n) is 8.47. The lowest BCUT2D eigenvalue weighted by Crippen LogP contribution is -2.10. The van der Waals surface area contributed by atoms with Crippen LogP contribution in [0.2, 0.25) is 0 Å². The average molecular weight is 719 g/mol. The largest absolute Gasteiger partial charge is 0.310 e. The zero-order valence-electron chi connectivity index (χ0n) is 29.9. The number of aromatic nitrogens is 1. The number of thiophene rings is 1. The van der Waals surface area contributed by atoms with Gasteiger partial charge < -0.3 is 9.47 Å². The summed E-state index contributed by atoms with van der Waals surface area (Å²) in [5.74, 6) is 0. The van der Waals surface area contributed by atoms with Crippen LogP contribution in [0.1, 0.15) is 0 Å². The van der Waals surface area contributed by atoms with Crippen molar-refractivity contribution in [3.8, 4) is 27.9 Å². The molecule has 0 aliphatic carbocycles.